The standard InChI is InChI=1S/C24H43ClN6O/c1-15-12-16(7-8-18(15)19-4-2-6-22-20(19)5-3-9-26-22)24(32)30-17-13-21(25)23(27-14-17)31-28-10-11-29-31/h15-23,26-29H,2-14H2,1H3,(H,30,32). The third kappa shape index (κ3) is 4.98. The summed E-state index contributed by atoms with van der Waals surface area (Å²) >= 11 is 6.67. The van der Waals surface area contributed by atoms with E-state index in [0.717, 1.165) is 62.7 Å². The molecule has 0 aromatic rings. The molecule has 8 heteroatoms. The van der Waals surface area contributed by atoms with Crippen molar-refractivity contribution in [1.82, 2.24) is 31.9 Å². The Hall–Kier alpha value is -0.440. The van der Waals surface area contributed by atoms with E-state index in [1.165, 1.54) is 45.1 Å². The minimum Gasteiger partial charge on any atom is -0.352 e. The van der Waals surface area contributed by atoms with Gasteiger partial charge in [-0.15, -0.1) is 11.6 Å². The molecule has 2 aliphatic carbocycles. The van der Waals surface area contributed by atoms with Crippen molar-refractivity contribution in [2.24, 2.45) is 29.6 Å². The average Bonchev–Trinajstić information content (AvgIpc) is 3.33. The molecule has 9 unspecified atom stereocenters. The smallest absolute Gasteiger partial charge is 0.223 e. The maximum Gasteiger partial charge on any atom is 0.223 e. The number of amides is 1. The molecule has 9 atom stereocenters. The van der Waals surface area contributed by atoms with E-state index in [1.54, 1.807) is 0 Å². The molecular weight excluding hydrogens is 424 g/mol. The highest BCUT2D eigenvalue weighted by Crippen LogP contribution is 2.47. The van der Waals surface area contributed by atoms with Crippen LogP contribution in [0.3, 0.4) is 0 Å². The molecule has 5 fully saturated rings. The number of hydrazine groups is 2. The van der Waals surface area contributed by atoms with Crippen molar-refractivity contribution in [2.45, 2.75) is 88.3 Å². The van der Waals surface area contributed by atoms with Crippen LogP contribution in [0.2, 0.25) is 0 Å². The molecule has 0 spiro atoms. The number of carbonyl (C=O) groups is 1. The molecule has 2 saturated carbocycles. The Kier molecular flexibility index (Phi) is 7.61. The number of halogens is 1. The molecule has 3 heterocycles. The largest absolute Gasteiger partial charge is 0.352 e. The van der Waals surface area contributed by atoms with Gasteiger partial charge in [0.15, 0.2) is 0 Å². The number of nitrogens with zero attached hydrogens (tertiary/aromatic N) is 1. The fraction of sp³-hybridized carbons (Fsp3) is 0.958. The van der Waals surface area contributed by atoms with Crippen LogP contribution in [0.5, 0.6) is 0 Å². The van der Waals surface area contributed by atoms with Crippen LogP contribution in [0, 0.1) is 29.6 Å². The van der Waals surface area contributed by atoms with Crippen molar-refractivity contribution in [3.05, 3.63) is 0 Å². The van der Waals surface area contributed by atoms with Gasteiger partial charge in [0.25, 0.3) is 0 Å². The first-order valence-electron chi connectivity index (χ1n) is 13.3. The van der Waals surface area contributed by atoms with Gasteiger partial charge in [0, 0.05) is 37.6 Å². The number of nitrogens with one attached hydrogen (secondary N) is 5. The Morgan fingerprint density at radius 1 is 0.906 bits per heavy atom. The van der Waals surface area contributed by atoms with E-state index in [9.17, 15) is 4.79 Å². The number of carbonyl (C=O) groups excluding carboxylic acids is 1. The van der Waals surface area contributed by atoms with Gasteiger partial charge in [0.05, 0.1) is 5.38 Å². The zero-order valence-corrected chi connectivity index (χ0v) is 20.4. The number of rotatable bonds is 4. The van der Waals surface area contributed by atoms with E-state index in [1.807, 2.05) is 5.12 Å². The Bertz CT molecular complexity index is 644. The van der Waals surface area contributed by atoms with Gasteiger partial charge in [0.2, 0.25) is 5.91 Å². The summed E-state index contributed by atoms with van der Waals surface area (Å²) in [5, 5.41) is 12.6. The summed E-state index contributed by atoms with van der Waals surface area (Å²) in [7, 11) is 0. The first-order chi connectivity index (χ1) is 15.6. The zero-order chi connectivity index (χ0) is 22.1. The van der Waals surface area contributed by atoms with E-state index in [0.29, 0.717) is 5.92 Å². The van der Waals surface area contributed by atoms with Crippen LogP contribution in [0.25, 0.3) is 0 Å². The van der Waals surface area contributed by atoms with Gasteiger partial charge in [0.1, 0.15) is 6.17 Å². The summed E-state index contributed by atoms with van der Waals surface area (Å²) in [6.07, 6.45) is 11.1. The molecule has 0 aromatic heterocycles. The fourth-order valence-corrected chi connectivity index (χ4v) is 8.00. The SMILES string of the molecule is CC1CC(C(=O)NC2CNC(N3NCCN3)C(Cl)C2)CCC1C1CCCC2NCCCC21. The van der Waals surface area contributed by atoms with Gasteiger partial charge < -0.3 is 10.6 Å². The lowest BCUT2D eigenvalue weighted by Gasteiger charge is -2.48. The van der Waals surface area contributed by atoms with Gasteiger partial charge in [-0.3, -0.25) is 10.1 Å². The highest BCUT2D eigenvalue weighted by atomic mass is 35.5. The van der Waals surface area contributed by atoms with E-state index in [4.69, 9.17) is 11.6 Å². The van der Waals surface area contributed by atoms with Crippen molar-refractivity contribution in [3.8, 4) is 0 Å². The molecule has 5 N–H and O–H groups in total. The Morgan fingerprint density at radius 3 is 2.50 bits per heavy atom. The van der Waals surface area contributed by atoms with E-state index < -0.39 is 0 Å². The summed E-state index contributed by atoms with van der Waals surface area (Å²) in [6, 6.07) is 0.872. The quantitative estimate of drug-likeness (QED) is 0.407. The summed E-state index contributed by atoms with van der Waals surface area (Å²) in [5.41, 5.74) is 6.60. The molecule has 0 aromatic carbocycles. The van der Waals surface area contributed by atoms with Crippen LogP contribution in [0.4, 0.5) is 0 Å². The second kappa shape index (κ2) is 10.4. The van der Waals surface area contributed by atoms with Crippen LogP contribution < -0.4 is 26.8 Å². The van der Waals surface area contributed by atoms with Crippen LogP contribution in [0.15, 0.2) is 0 Å². The normalized spacial score (nSPS) is 45.9. The van der Waals surface area contributed by atoms with Crippen molar-refractivity contribution in [3.63, 3.8) is 0 Å². The molecule has 5 rings (SSSR count). The number of alkyl halides is 1. The number of hydrogen-bond donors (Lipinski definition) is 5. The lowest BCUT2D eigenvalue weighted by atomic mass is 9.60. The topological polar surface area (TPSA) is 80.5 Å². The second-order valence-corrected chi connectivity index (χ2v) is 11.7. The van der Waals surface area contributed by atoms with Crippen molar-refractivity contribution >= 4 is 17.5 Å². The van der Waals surface area contributed by atoms with Crippen molar-refractivity contribution < 1.29 is 4.79 Å². The molecule has 3 aliphatic heterocycles. The number of piperidine rings is 2. The van der Waals surface area contributed by atoms with Crippen LogP contribution >= 0.6 is 11.6 Å². The molecule has 1 amide bonds. The van der Waals surface area contributed by atoms with Crippen molar-refractivity contribution in [1.29, 1.82) is 0 Å². The van der Waals surface area contributed by atoms with Crippen LogP contribution in [-0.4, -0.2) is 60.8 Å². The van der Waals surface area contributed by atoms with E-state index >= 15 is 0 Å². The third-order valence-electron chi connectivity index (χ3n) is 9.14. The van der Waals surface area contributed by atoms with Gasteiger partial charge in [-0.2, -0.15) is 5.12 Å². The van der Waals surface area contributed by atoms with E-state index in [2.05, 4.69) is 33.7 Å². The molecule has 3 saturated heterocycles. The van der Waals surface area contributed by atoms with Crippen molar-refractivity contribution in [2.75, 3.05) is 26.2 Å². The highest BCUT2D eigenvalue weighted by molar-refractivity contribution is 6.21. The predicted molar refractivity (Wildman–Crippen MR) is 128 cm³/mol. The first kappa shape index (κ1) is 23.3. The summed E-state index contributed by atoms with van der Waals surface area (Å²) < 4.78 is 0. The van der Waals surface area contributed by atoms with Gasteiger partial charge in [-0.1, -0.05) is 13.3 Å². The minimum absolute atomic E-state index is 0.0508. The molecule has 32 heavy (non-hydrogen) atoms. The fourth-order valence-electron chi connectivity index (χ4n) is 7.58. The first-order valence-corrected chi connectivity index (χ1v) is 13.7. The molecule has 5 aliphatic rings. The Balaban J connectivity index is 1.11. The monoisotopic (exact) mass is 466 g/mol. The molecule has 0 bridgehead atoms. The Morgan fingerprint density at radius 2 is 1.72 bits per heavy atom. The zero-order valence-electron chi connectivity index (χ0n) is 19.6. The van der Waals surface area contributed by atoms with E-state index in [-0.39, 0.29) is 29.4 Å². The molecule has 7 nitrogen and oxygen atoms in total. The lowest BCUT2D eigenvalue weighted by molar-refractivity contribution is -0.128. The lowest BCUT2D eigenvalue weighted by Crippen LogP contribution is -2.64. The van der Waals surface area contributed by atoms with Crippen LogP contribution in [-0.2, 0) is 4.79 Å². The molecule has 182 valence electrons. The summed E-state index contributed by atoms with van der Waals surface area (Å²) in [5.74, 6) is 3.60. The maximum absolute atomic E-state index is 13.1. The highest BCUT2D eigenvalue weighted by Gasteiger charge is 2.43. The number of fused-ring (bicyclic) bond motifs is 1. The van der Waals surface area contributed by atoms with Gasteiger partial charge in [-0.05, 0) is 81.6 Å². The Labute approximate surface area is 198 Å². The average molecular weight is 467 g/mol. The third-order valence-corrected chi connectivity index (χ3v) is 9.55. The molecular formula is C24H43ClN6O. The van der Waals surface area contributed by atoms with Gasteiger partial charge in [-0.25, -0.2) is 10.9 Å². The minimum atomic E-state index is -0.0508. The van der Waals surface area contributed by atoms with Crippen LogP contribution in [0.1, 0.15) is 64.7 Å². The predicted octanol–water partition coefficient (Wildman–Crippen LogP) is 1.94. The molecule has 0 radical (unpaired) electrons. The van der Waals surface area contributed by atoms with Gasteiger partial charge >= 0.3 is 0 Å². The summed E-state index contributed by atoms with van der Waals surface area (Å²) in [4.78, 5) is 13.1. The second-order valence-electron chi connectivity index (χ2n) is 11.1. The maximum atomic E-state index is 13.1. The summed E-state index contributed by atoms with van der Waals surface area (Å²) in [6.45, 7) is 6.23. The number of hydrogen-bond acceptors (Lipinski definition) is 6.